The smallest absolute Gasteiger partial charge is 0.371 e. The number of benzene rings is 4. The second-order valence-corrected chi connectivity index (χ2v) is 11.5. The van der Waals surface area contributed by atoms with Gasteiger partial charge < -0.3 is 20.1 Å². The minimum atomic E-state index is -4.68. The predicted octanol–water partition coefficient (Wildman–Crippen LogP) is 7.29. The van der Waals surface area contributed by atoms with Crippen LogP contribution in [0.15, 0.2) is 84.9 Å². The molecule has 234 valence electrons. The highest BCUT2D eigenvalue weighted by molar-refractivity contribution is 6.12. The molecule has 0 bridgehead atoms. The Bertz CT molecular complexity index is 1620. The van der Waals surface area contributed by atoms with Crippen molar-refractivity contribution in [2.45, 2.75) is 32.2 Å². The van der Waals surface area contributed by atoms with E-state index in [1.54, 1.807) is 24.3 Å². The third kappa shape index (κ3) is 6.67. The average molecular weight is 616 g/mol. The number of amides is 1. The number of carbonyl (C=O) groups excluding carboxylic acids is 1. The van der Waals surface area contributed by atoms with Crippen LogP contribution in [0.4, 0.5) is 24.5 Å². The van der Waals surface area contributed by atoms with Crippen LogP contribution >= 0.6 is 0 Å². The van der Waals surface area contributed by atoms with E-state index in [4.69, 9.17) is 9.47 Å². The number of alkyl halides is 3. The van der Waals surface area contributed by atoms with E-state index in [1.807, 2.05) is 56.3 Å². The summed E-state index contributed by atoms with van der Waals surface area (Å²) in [6.07, 6.45) is -4.94. The highest BCUT2D eigenvalue weighted by Gasteiger charge is 2.35. The van der Waals surface area contributed by atoms with Crippen molar-refractivity contribution < 1.29 is 27.4 Å². The Kier molecular flexibility index (Phi) is 9.05. The molecule has 1 amide bonds. The SMILES string of the molecule is Cc1cccc(C)c1N(C(=O)c1ccc(-c2ccc(C3CNCCO3)cc2)c(C(F)(F)F)c1)c1ccc(C2CNCCO2)cc1. The zero-order valence-corrected chi connectivity index (χ0v) is 25.3. The van der Waals surface area contributed by atoms with Gasteiger partial charge in [0.2, 0.25) is 0 Å². The molecule has 2 atom stereocenters. The van der Waals surface area contributed by atoms with Gasteiger partial charge in [-0.1, -0.05) is 60.7 Å². The number of anilines is 2. The van der Waals surface area contributed by atoms with Gasteiger partial charge in [-0.25, -0.2) is 0 Å². The standard InChI is InChI=1S/C36H36F3N3O3/c1-23-4-3-5-24(2)34(23)42(29-13-10-27(11-14-29)33-22-41-17-19-45-33)35(43)28-12-15-30(31(20-28)36(37,38)39)25-6-8-26(9-7-25)32-21-40-16-18-44-32/h3-15,20,32-33,40-41H,16-19,21-22H2,1-2H3. The van der Waals surface area contributed by atoms with E-state index >= 15 is 0 Å². The molecule has 0 aromatic heterocycles. The number of nitrogens with zero attached hydrogens (tertiary/aromatic N) is 1. The zero-order chi connectivity index (χ0) is 31.6. The fraction of sp³-hybridized carbons (Fsp3) is 0.306. The van der Waals surface area contributed by atoms with E-state index in [2.05, 4.69) is 10.6 Å². The molecule has 4 aromatic rings. The summed E-state index contributed by atoms with van der Waals surface area (Å²) in [6.45, 7) is 7.86. The molecule has 45 heavy (non-hydrogen) atoms. The van der Waals surface area contributed by atoms with E-state index in [1.165, 1.54) is 17.0 Å². The first-order valence-electron chi connectivity index (χ1n) is 15.2. The van der Waals surface area contributed by atoms with Gasteiger partial charge in [-0.15, -0.1) is 0 Å². The molecule has 9 heteroatoms. The van der Waals surface area contributed by atoms with Crippen LogP contribution in [0.1, 0.15) is 50.4 Å². The summed E-state index contributed by atoms with van der Waals surface area (Å²) in [7, 11) is 0. The lowest BCUT2D eigenvalue weighted by Crippen LogP contribution is -2.33. The summed E-state index contributed by atoms with van der Waals surface area (Å²) in [6, 6.07) is 23.9. The van der Waals surface area contributed by atoms with Crippen molar-refractivity contribution in [3.8, 4) is 11.1 Å². The Balaban J connectivity index is 1.37. The van der Waals surface area contributed by atoms with Crippen LogP contribution in [0.3, 0.4) is 0 Å². The van der Waals surface area contributed by atoms with Gasteiger partial charge in [0, 0.05) is 37.4 Å². The van der Waals surface area contributed by atoms with E-state index in [9.17, 15) is 18.0 Å². The maximum Gasteiger partial charge on any atom is 0.417 e. The molecule has 2 aliphatic rings. The normalized spacial score (nSPS) is 18.9. The number of morpholine rings is 2. The third-order valence-corrected chi connectivity index (χ3v) is 8.41. The lowest BCUT2D eigenvalue weighted by atomic mass is 9.94. The first-order valence-corrected chi connectivity index (χ1v) is 15.2. The molecule has 0 radical (unpaired) electrons. The number of ether oxygens (including phenoxy) is 2. The van der Waals surface area contributed by atoms with Gasteiger partial charge in [-0.05, 0) is 71.5 Å². The minimum Gasteiger partial charge on any atom is -0.371 e. The third-order valence-electron chi connectivity index (χ3n) is 8.41. The van der Waals surface area contributed by atoms with E-state index in [-0.39, 0.29) is 23.3 Å². The van der Waals surface area contributed by atoms with Crippen LogP contribution in [0.5, 0.6) is 0 Å². The molecule has 2 saturated heterocycles. The Hall–Kier alpha value is -4.02. The molecular formula is C36H36F3N3O3. The number of aryl methyl sites for hydroxylation is 2. The monoisotopic (exact) mass is 615 g/mol. The van der Waals surface area contributed by atoms with Crippen LogP contribution < -0.4 is 15.5 Å². The van der Waals surface area contributed by atoms with Gasteiger partial charge in [0.05, 0.1) is 36.7 Å². The lowest BCUT2D eigenvalue weighted by Gasteiger charge is -2.28. The van der Waals surface area contributed by atoms with Crippen molar-refractivity contribution >= 4 is 17.3 Å². The molecule has 4 aromatic carbocycles. The summed E-state index contributed by atoms with van der Waals surface area (Å²) in [4.78, 5) is 15.8. The van der Waals surface area contributed by atoms with Gasteiger partial charge in [0.1, 0.15) is 0 Å². The number of hydrogen-bond donors (Lipinski definition) is 2. The van der Waals surface area contributed by atoms with Gasteiger partial charge >= 0.3 is 6.18 Å². The zero-order valence-electron chi connectivity index (χ0n) is 25.3. The number of nitrogens with one attached hydrogen (secondary N) is 2. The Morgan fingerprint density at radius 2 is 1.33 bits per heavy atom. The molecular weight excluding hydrogens is 579 g/mol. The van der Waals surface area contributed by atoms with E-state index < -0.39 is 17.6 Å². The van der Waals surface area contributed by atoms with Crippen molar-refractivity contribution in [3.05, 3.63) is 118 Å². The topological polar surface area (TPSA) is 62.8 Å². The number of para-hydroxylation sites is 1. The Morgan fingerprint density at radius 3 is 1.84 bits per heavy atom. The summed E-state index contributed by atoms with van der Waals surface area (Å²) in [5.74, 6) is -0.551. The number of carbonyl (C=O) groups is 1. The first kappa shape index (κ1) is 31.0. The molecule has 0 spiro atoms. The van der Waals surface area contributed by atoms with E-state index in [0.29, 0.717) is 43.2 Å². The molecule has 6 nitrogen and oxygen atoms in total. The summed E-state index contributed by atoms with van der Waals surface area (Å²) in [5, 5.41) is 6.58. The quantitative estimate of drug-likeness (QED) is 0.239. The van der Waals surface area contributed by atoms with Gasteiger partial charge in [0.15, 0.2) is 0 Å². The maximum absolute atomic E-state index is 14.6. The molecule has 2 unspecified atom stereocenters. The summed E-state index contributed by atoms with van der Waals surface area (Å²) in [5.41, 5.74) is 4.21. The fourth-order valence-corrected chi connectivity index (χ4v) is 6.07. The van der Waals surface area contributed by atoms with Crippen molar-refractivity contribution in [1.29, 1.82) is 0 Å². The van der Waals surface area contributed by atoms with E-state index in [0.717, 1.165) is 41.4 Å². The first-order chi connectivity index (χ1) is 21.7. The van der Waals surface area contributed by atoms with Crippen LogP contribution in [0, 0.1) is 13.8 Å². The predicted molar refractivity (Wildman–Crippen MR) is 169 cm³/mol. The molecule has 6 rings (SSSR count). The average Bonchev–Trinajstić information content (AvgIpc) is 3.06. The van der Waals surface area contributed by atoms with Crippen molar-refractivity contribution in [3.63, 3.8) is 0 Å². The molecule has 2 fully saturated rings. The maximum atomic E-state index is 14.6. The Labute approximate surface area is 261 Å². The lowest BCUT2D eigenvalue weighted by molar-refractivity contribution is -0.137. The van der Waals surface area contributed by atoms with Gasteiger partial charge in [-0.3, -0.25) is 9.69 Å². The second kappa shape index (κ2) is 13.1. The highest BCUT2D eigenvalue weighted by Crippen LogP contribution is 2.40. The molecule has 0 saturated carbocycles. The van der Waals surface area contributed by atoms with Crippen molar-refractivity contribution in [1.82, 2.24) is 10.6 Å². The number of rotatable bonds is 6. The van der Waals surface area contributed by atoms with Crippen molar-refractivity contribution in [2.24, 2.45) is 0 Å². The highest BCUT2D eigenvalue weighted by atomic mass is 19.4. The van der Waals surface area contributed by atoms with Crippen LogP contribution in [0.25, 0.3) is 11.1 Å². The molecule has 0 aliphatic carbocycles. The molecule has 2 heterocycles. The number of halogens is 3. The Morgan fingerprint density at radius 1 is 0.778 bits per heavy atom. The van der Waals surface area contributed by atoms with Crippen LogP contribution in [-0.2, 0) is 15.7 Å². The van der Waals surface area contributed by atoms with Crippen LogP contribution in [0.2, 0.25) is 0 Å². The fourth-order valence-electron chi connectivity index (χ4n) is 6.07. The summed E-state index contributed by atoms with van der Waals surface area (Å²) >= 11 is 0. The van der Waals surface area contributed by atoms with Crippen LogP contribution in [-0.4, -0.2) is 45.3 Å². The largest absolute Gasteiger partial charge is 0.417 e. The molecule has 2 aliphatic heterocycles. The van der Waals surface area contributed by atoms with Crippen molar-refractivity contribution in [2.75, 3.05) is 44.3 Å². The summed E-state index contributed by atoms with van der Waals surface area (Å²) < 4.78 is 55.4. The minimum absolute atomic E-state index is 0.0114. The van der Waals surface area contributed by atoms with Gasteiger partial charge in [-0.2, -0.15) is 13.2 Å². The van der Waals surface area contributed by atoms with Gasteiger partial charge in [0.25, 0.3) is 5.91 Å². The number of hydrogen-bond acceptors (Lipinski definition) is 5. The second-order valence-electron chi connectivity index (χ2n) is 11.5. The molecule has 2 N–H and O–H groups in total.